The summed E-state index contributed by atoms with van der Waals surface area (Å²) in [6, 6.07) is 0. The second-order valence-electron chi connectivity index (χ2n) is 16.1. The summed E-state index contributed by atoms with van der Waals surface area (Å²) in [5.41, 5.74) is 0. The van der Waals surface area contributed by atoms with E-state index in [0.717, 1.165) is 64.2 Å². The predicted molar refractivity (Wildman–Crippen MR) is 231 cm³/mol. The SMILES string of the molecule is CCCCC/C=C\C/C=C\C/C=C\C/C=C\CCCC(=O)O[C@H](COC(=O)CCCCCCCC1OC1C/C=C\CCCCC)COP(=O)([O-])OCC[N+](C)(C)C. The molecule has 328 valence electrons. The van der Waals surface area contributed by atoms with Crippen LogP contribution in [0, 0.1) is 0 Å². The Morgan fingerprint density at radius 3 is 1.81 bits per heavy atom. The lowest BCUT2D eigenvalue weighted by Gasteiger charge is -2.28. The van der Waals surface area contributed by atoms with Gasteiger partial charge < -0.3 is 32.6 Å². The molecule has 11 heteroatoms. The van der Waals surface area contributed by atoms with E-state index in [2.05, 4.69) is 68.5 Å². The van der Waals surface area contributed by atoms with Gasteiger partial charge in [-0.2, -0.15) is 0 Å². The number of esters is 2. The van der Waals surface area contributed by atoms with Gasteiger partial charge in [-0.1, -0.05) is 126 Å². The minimum atomic E-state index is -4.65. The van der Waals surface area contributed by atoms with Crippen molar-refractivity contribution in [3.8, 4) is 0 Å². The van der Waals surface area contributed by atoms with Gasteiger partial charge in [0.15, 0.2) is 6.10 Å². The van der Waals surface area contributed by atoms with E-state index in [-0.39, 0.29) is 26.1 Å². The molecule has 1 rings (SSSR count). The van der Waals surface area contributed by atoms with E-state index in [1.54, 1.807) is 0 Å². The van der Waals surface area contributed by atoms with Gasteiger partial charge >= 0.3 is 11.9 Å². The summed E-state index contributed by atoms with van der Waals surface area (Å²) in [4.78, 5) is 37.6. The van der Waals surface area contributed by atoms with Crippen LogP contribution in [0.1, 0.15) is 155 Å². The summed E-state index contributed by atoms with van der Waals surface area (Å²) in [5.74, 6) is -0.929. The lowest BCUT2D eigenvalue weighted by molar-refractivity contribution is -0.870. The summed E-state index contributed by atoms with van der Waals surface area (Å²) < 4.78 is 39.6. The van der Waals surface area contributed by atoms with Crippen LogP contribution in [0.3, 0.4) is 0 Å². The number of carbonyl (C=O) groups is 2. The fourth-order valence-corrected chi connectivity index (χ4v) is 6.56. The van der Waals surface area contributed by atoms with Crippen molar-refractivity contribution in [3.63, 3.8) is 0 Å². The van der Waals surface area contributed by atoms with Crippen LogP contribution < -0.4 is 4.89 Å². The number of quaternary nitrogens is 1. The van der Waals surface area contributed by atoms with Crippen molar-refractivity contribution < 1.29 is 46.8 Å². The molecule has 1 aliphatic rings. The molecule has 0 amide bonds. The van der Waals surface area contributed by atoms with Crippen molar-refractivity contribution in [3.05, 3.63) is 60.8 Å². The Kier molecular flexibility index (Phi) is 31.9. The molecule has 1 heterocycles. The Bertz CT molecular complexity index is 1220. The molecule has 0 radical (unpaired) electrons. The van der Waals surface area contributed by atoms with Gasteiger partial charge in [0.2, 0.25) is 0 Å². The van der Waals surface area contributed by atoms with Crippen LogP contribution in [0.25, 0.3) is 0 Å². The average molecular weight is 822 g/mol. The van der Waals surface area contributed by atoms with Gasteiger partial charge in [-0.05, 0) is 77.0 Å². The molecule has 57 heavy (non-hydrogen) atoms. The van der Waals surface area contributed by atoms with E-state index < -0.39 is 32.5 Å². The summed E-state index contributed by atoms with van der Waals surface area (Å²) in [6.45, 7) is 4.06. The predicted octanol–water partition coefficient (Wildman–Crippen LogP) is 10.8. The van der Waals surface area contributed by atoms with E-state index in [1.807, 2.05) is 27.2 Å². The number of allylic oxidation sites excluding steroid dienone is 9. The molecule has 0 spiro atoms. The quantitative estimate of drug-likeness (QED) is 0.0149. The van der Waals surface area contributed by atoms with E-state index in [4.69, 9.17) is 23.3 Å². The Labute approximate surface area is 347 Å². The van der Waals surface area contributed by atoms with Crippen LogP contribution in [-0.2, 0) is 37.4 Å². The maximum absolute atomic E-state index is 12.7. The molecule has 10 nitrogen and oxygen atoms in total. The van der Waals surface area contributed by atoms with E-state index in [9.17, 15) is 19.0 Å². The molecule has 0 aromatic heterocycles. The number of nitrogens with zero attached hydrogens (tertiary/aromatic N) is 1. The number of unbranched alkanes of at least 4 members (excludes halogenated alkanes) is 11. The first-order valence-corrected chi connectivity index (χ1v) is 23.6. The minimum Gasteiger partial charge on any atom is -0.756 e. The third-order valence-corrected chi connectivity index (χ3v) is 10.4. The maximum Gasteiger partial charge on any atom is 0.306 e. The summed E-state index contributed by atoms with van der Waals surface area (Å²) in [7, 11) is 1.10. The van der Waals surface area contributed by atoms with Crippen LogP contribution in [0.5, 0.6) is 0 Å². The molecule has 4 atom stereocenters. The lowest BCUT2D eigenvalue weighted by atomic mass is 10.1. The van der Waals surface area contributed by atoms with Crippen molar-refractivity contribution in [2.24, 2.45) is 0 Å². The fourth-order valence-electron chi connectivity index (χ4n) is 5.83. The van der Waals surface area contributed by atoms with E-state index >= 15 is 0 Å². The molecule has 0 aromatic rings. The summed E-state index contributed by atoms with van der Waals surface area (Å²) in [6.07, 6.45) is 42.7. The molecular weight excluding hydrogens is 741 g/mol. The number of ether oxygens (including phenoxy) is 3. The molecule has 0 aromatic carbocycles. The zero-order valence-corrected chi connectivity index (χ0v) is 37.4. The van der Waals surface area contributed by atoms with Crippen molar-refractivity contribution in [2.45, 2.75) is 173 Å². The van der Waals surface area contributed by atoms with Crippen molar-refractivity contribution >= 4 is 19.8 Å². The number of rotatable bonds is 38. The van der Waals surface area contributed by atoms with Gasteiger partial charge in [0.1, 0.15) is 19.8 Å². The van der Waals surface area contributed by atoms with Gasteiger partial charge in [-0.25, -0.2) is 0 Å². The Hall–Kier alpha value is -2.33. The fraction of sp³-hybridized carbons (Fsp3) is 0.739. The standard InChI is InChI=1S/C46H80NO9P/c1-6-8-10-12-14-15-16-17-18-19-20-21-22-23-24-28-33-37-46(49)55-42(41-54-57(50,51)53-39-38-47(3,4)5)40-52-45(48)36-32-29-25-27-31-35-44-43(56-44)34-30-26-13-11-9-7-2/h14-15,17-18,20-21,23-24,26,30,42-44H,6-13,16,19,22,25,27-29,31-41H2,1-5H3/b15-14-,18-17-,21-20-,24-23-,30-26-/t42-,43?,44?/m1/s1. The minimum absolute atomic E-state index is 0.0487. The van der Waals surface area contributed by atoms with Crippen LogP contribution in [0.4, 0.5) is 0 Å². The van der Waals surface area contributed by atoms with Gasteiger partial charge in [0.25, 0.3) is 7.82 Å². The maximum atomic E-state index is 12.7. The third kappa shape index (κ3) is 35.3. The molecule has 3 unspecified atom stereocenters. The molecule has 0 bridgehead atoms. The number of likely N-dealkylation sites (N-methyl/N-ethyl adjacent to an activating group) is 1. The number of phosphoric acid groups is 1. The number of phosphoric ester groups is 1. The Balaban J connectivity index is 2.34. The highest BCUT2D eigenvalue weighted by Crippen LogP contribution is 2.38. The topological polar surface area (TPSA) is 124 Å². The second kappa shape index (κ2) is 34.5. The van der Waals surface area contributed by atoms with Gasteiger partial charge in [0.05, 0.1) is 40.0 Å². The monoisotopic (exact) mass is 822 g/mol. The Morgan fingerprint density at radius 2 is 1.19 bits per heavy atom. The van der Waals surface area contributed by atoms with Crippen LogP contribution in [0.15, 0.2) is 60.8 Å². The molecule has 0 N–H and O–H groups in total. The highest BCUT2D eigenvalue weighted by Gasteiger charge is 2.36. The third-order valence-electron chi connectivity index (χ3n) is 9.43. The lowest BCUT2D eigenvalue weighted by Crippen LogP contribution is -2.37. The molecule has 0 aliphatic carbocycles. The van der Waals surface area contributed by atoms with Crippen LogP contribution >= 0.6 is 7.82 Å². The van der Waals surface area contributed by atoms with Crippen molar-refractivity contribution in [1.82, 2.24) is 0 Å². The van der Waals surface area contributed by atoms with E-state index in [1.165, 1.54) is 44.9 Å². The van der Waals surface area contributed by atoms with Crippen LogP contribution in [-0.4, -0.2) is 82.2 Å². The highest BCUT2D eigenvalue weighted by molar-refractivity contribution is 7.45. The molecule has 0 saturated carbocycles. The molecule has 1 aliphatic heterocycles. The first kappa shape index (κ1) is 52.7. The zero-order valence-electron chi connectivity index (χ0n) is 36.5. The zero-order chi connectivity index (χ0) is 41.9. The first-order chi connectivity index (χ1) is 27.5. The smallest absolute Gasteiger partial charge is 0.306 e. The number of epoxide rings is 1. The molecule has 1 saturated heterocycles. The molecule has 1 fully saturated rings. The van der Waals surface area contributed by atoms with Crippen molar-refractivity contribution in [2.75, 3.05) is 47.5 Å². The van der Waals surface area contributed by atoms with Crippen molar-refractivity contribution in [1.29, 1.82) is 0 Å². The summed E-state index contributed by atoms with van der Waals surface area (Å²) in [5, 5.41) is 0. The summed E-state index contributed by atoms with van der Waals surface area (Å²) >= 11 is 0. The normalized spacial score (nSPS) is 17.7. The second-order valence-corrected chi connectivity index (χ2v) is 17.5. The average Bonchev–Trinajstić information content (AvgIpc) is 3.92. The van der Waals surface area contributed by atoms with Gasteiger partial charge in [-0.15, -0.1) is 0 Å². The number of hydrogen-bond donors (Lipinski definition) is 0. The number of carbonyl (C=O) groups excluding carboxylic acids is 2. The highest BCUT2D eigenvalue weighted by atomic mass is 31.2. The van der Waals surface area contributed by atoms with Crippen LogP contribution in [0.2, 0.25) is 0 Å². The molecular formula is C46H80NO9P. The largest absolute Gasteiger partial charge is 0.756 e. The first-order valence-electron chi connectivity index (χ1n) is 22.1. The Morgan fingerprint density at radius 1 is 0.649 bits per heavy atom. The van der Waals surface area contributed by atoms with E-state index in [0.29, 0.717) is 42.5 Å². The number of hydrogen-bond acceptors (Lipinski definition) is 9. The van der Waals surface area contributed by atoms with Gasteiger partial charge in [-0.3, -0.25) is 14.2 Å². The van der Waals surface area contributed by atoms with Gasteiger partial charge in [0, 0.05) is 12.8 Å².